The second kappa shape index (κ2) is 10.1. The Labute approximate surface area is 186 Å². The van der Waals surface area contributed by atoms with Crippen molar-refractivity contribution in [2.75, 3.05) is 10.6 Å². The molecule has 0 saturated carbocycles. The fraction of sp³-hybridized carbons (Fsp3) is 0.0769. The van der Waals surface area contributed by atoms with Crippen molar-refractivity contribution in [1.29, 1.82) is 0 Å². The molecule has 0 spiro atoms. The molecule has 2 aromatic heterocycles. The normalized spacial score (nSPS) is 10.4. The van der Waals surface area contributed by atoms with E-state index in [1.165, 1.54) is 0 Å². The van der Waals surface area contributed by atoms with Gasteiger partial charge >= 0.3 is 0 Å². The number of benzene rings is 2. The third-order valence-corrected chi connectivity index (χ3v) is 4.80. The van der Waals surface area contributed by atoms with Crippen molar-refractivity contribution in [3.8, 4) is 11.4 Å². The Bertz CT molecular complexity index is 1110. The number of nitrogens with zero attached hydrogens (tertiary/aromatic N) is 2. The van der Waals surface area contributed by atoms with Crippen LogP contribution in [0, 0.1) is 0 Å². The molecule has 4 aromatic rings. The van der Waals surface area contributed by atoms with E-state index < -0.39 is 0 Å². The van der Waals surface area contributed by atoms with Crippen LogP contribution in [-0.4, -0.2) is 21.8 Å². The molecule has 0 unspecified atom stereocenters. The van der Waals surface area contributed by atoms with Gasteiger partial charge in [-0.2, -0.15) is 0 Å². The summed E-state index contributed by atoms with van der Waals surface area (Å²) in [5, 5.41) is 5.85. The summed E-state index contributed by atoms with van der Waals surface area (Å²) in [7, 11) is 0. The molecular weight excluding hydrogens is 400 g/mol. The van der Waals surface area contributed by atoms with Crippen LogP contribution in [0.15, 0.2) is 97.3 Å². The Kier molecular flexibility index (Phi) is 6.63. The van der Waals surface area contributed by atoms with Crippen LogP contribution in [0.25, 0.3) is 11.4 Å². The molecular formula is C26H22N4O2. The second-order valence-electron chi connectivity index (χ2n) is 7.22. The van der Waals surface area contributed by atoms with E-state index in [2.05, 4.69) is 20.6 Å². The van der Waals surface area contributed by atoms with Gasteiger partial charge in [0, 0.05) is 12.4 Å². The van der Waals surface area contributed by atoms with Crippen molar-refractivity contribution in [3.63, 3.8) is 0 Å². The summed E-state index contributed by atoms with van der Waals surface area (Å²) in [6.07, 6.45) is 3.76. The van der Waals surface area contributed by atoms with Crippen LogP contribution in [0.2, 0.25) is 0 Å². The average molecular weight is 422 g/mol. The van der Waals surface area contributed by atoms with Crippen molar-refractivity contribution in [3.05, 3.63) is 108 Å². The van der Waals surface area contributed by atoms with Gasteiger partial charge in [-0.1, -0.05) is 60.7 Å². The molecule has 2 amide bonds. The van der Waals surface area contributed by atoms with Crippen molar-refractivity contribution in [1.82, 2.24) is 9.97 Å². The number of nitrogens with one attached hydrogen (secondary N) is 2. The van der Waals surface area contributed by atoms with Crippen LogP contribution in [0.4, 0.5) is 11.4 Å². The largest absolute Gasteiger partial charge is 0.324 e. The van der Waals surface area contributed by atoms with Crippen molar-refractivity contribution in [2.45, 2.75) is 12.8 Å². The molecule has 0 atom stereocenters. The molecule has 0 aliphatic heterocycles. The number of anilines is 2. The predicted octanol–water partition coefficient (Wildman–Crippen LogP) is 4.51. The fourth-order valence-corrected chi connectivity index (χ4v) is 3.34. The Morgan fingerprint density at radius 2 is 0.969 bits per heavy atom. The van der Waals surface area contributed by atoms with E-state index in [0.29, 0.717) is 22.8 Å². The van der Waals surface area contributed by atoms with E-state index in [-0.39, 0.29) is 24.7 Å². The lowest BCUT2D eigenvalue weighted by Gasteiger charge is -2.13. The maximum atomic E-state index is 12.6. The first-order chi connectivity index (χ1) is 15.7. The summed E-state index contributed by atoms with van der Waals surface area (Å²) in [5.41, 5.74) is 3.88. The van der Waals surface area contributed by atoms with E-state index in [9.17, 15) is 9.59 Å². The summed E-state index contributed by atoms with van der Waals surface area (Å²) in [6.45, 7) is 0. The molecule has 32 heavy (non-hydrogen) atoms. The molecule has 6 heteroatoms. The third kappa shape index (κ3) is 5.43. The Morgan fingerprint density at radius 3 is 1.38 bits per heavy atom. The van der Waals surface area contributed by atoms with Crippen molar-refractivity contribution < 1.29 is 9.59 Å². The number of carbonyl (C=O) groups excluding carboxylic acids is 2. The predicted molar refractivity (Wildman–Crippen MR) is 125 cm³/mol. The Morgan fingerprint density at radius 1 is 0.562 bits per heavy atom. The first-order valence-electron chi connectivity index (χ1n) is 10.3. The highest BCUT2D eigenvalue weighted by Gasteiger charge is 2.16. The van der Waals surface area contributed by atoms with Gasteiger partial charge in [-0.3, -0.25) is 19.6 Å². The first-order valence-corrected chi connectivity index (χ1v) is 10.3. The van der Waals surface area contributed by atoms with Gasteiger partial charge in [0.05, 0.1) is 24.2 Å². The standard InChI is InChI=1S/C26H22N4O2/c31-23(17-19-9-3-1-4-10-19)29-21-13-7-15-27-25(21)26-22(14-8-16-28-26)30-24(32)18-20-11-5-2-6-12-20/h1-16H,17-18H2,(H,29,31)(H,30,32). The number of aromatic nitrogens is 2. The third-order valence-electron chi connectivity index (χ3n) is 4.80. The zero-order valence-electron chi connectivity index (χ0n) is 17.4. The van der Waals surface area contributed by atoms with E-state index in [4.69, 9.17) is 0 Å². The number of rotatable bonds is 7. The first kappa shape index (κ1) is 20.9. The Hall–Kier alpha value is -4.32. The van der Waals surface area contributed by atoms with Gasteiger partial charge in [0.25, 0.3) is 0 Å². The SMILES string of the molecule is O=C(Cc1ccccc1)Nc1cccnc1-c1ncccc1NC(=O)Cc1ccccc1. The zero-order valence-corrected chi connectivity index (χ0v) is 17.4. The summed E-state index contributed by atoms with van der Waals surface area (Å²) in [6, 6.07) is 26.1. The van der Waals surface area contributed by atoms with Gasteiger partial charge in [-0.25, -0.2) is 0 Å². The molecule has 0 aliphatic carbocycles. The van der Waals surface area contributed by atoms with Gasteiger partial charge < -0.3 is 10.6 Å². The summed E-state index contributed by atoms with van der Waals surface area (Å²) < 4.78 is 0. The lowest BCUT2D eigenvalue weighted by Crippen LogP contribution is -2.17. The zero-order chi connectivity index (χ0) is 22.2. The lowest BCUT2D eigenvalue weighted by atomic mass is 10.1. The molecule has 2 aromatic carbocycles. The van der Waals surface area contributed by atoms with E-state index in [0.717, 1.165) is 11.1 Å². The van der Waals surface area contributed by atoms with Gasteiger partial charge in [0.1, 0.15) is 11.4 Å². The lowest BCUT2D eigenvalue weighted by molar-refractivity contribution is -0.116. The highest BCUT2D eigenvalue weighted by Crippen LogP contribution is 2.30. The monoisotopic (exact) mass is 422 g/mol. The molecule has 0 fully saturated rings. The fourth-order valence-electron chi connectivity index (χ4n) is 3.34. The van der Waals surface area contributed by atoms with E-state index >= 15 is 0 Å². The van der Waals surface area contributed by atoms with E-state index in [1.807, 2.05) is 60.7 Å². The second-order valence-corrected chi connectivity index (χ2v) is 7.22. The van der Waals surface area contributed by atoms with Crippen molar-refractivity contribution in [2.24, 2.45) is 0 Å². The molecule has 0 aliphatic rings. The number of pyridine rings is 2. The molecule has 0 bridgehead atoms. The average Bonchev–Trinajstić information content (AvgIpc) is 2.81. The van der Waals surface area contributed by atoms with Gasteiger partial charge in [-0.15, -0.1) is 0 Å². The number of carbonyl (C=O) groups is 2. The smallest absolute Gasteiger partial charge is 0.228 e. The highest BCUT2D eigenvalue weighted by atomic mass is 16.2. The minimum Gasteiger partial charge on any atom is -0.324 e. The van der Waals surface area contributed by atoms with Crippen LogP contribution in [-0.2, 0) is 22.4 Å². The number of amides is 2. The van der Waals surface area contributed by atoms with Crippen LogP contribution >= 0.6 is 0 Å². The van der Waals surface area contributed by atoms with Crippen LogP contribution < -0.4 is 10.6 Å². The molecule has 158 valence electrons. The topological polar surface area (TPSA) is 84.0 Å². The quantitative estimate of drug-likeness (QED) is 0.459. The highest BCUT2D eigenvalue weighted by molar-refractivity contribution is 5.99. The van der Waals surface area contributed by atoms with E-state index in [1.54, 1.807) is 36.7 Å². The summed E-state index contributed by atoms with van der Waals surface area (Å²) >= 11 is 0. The maximum absolute atomic E-state index is 12.6. The van der Waals surface area contributed by atoms with Gasteiger partial charge in [0.2, 0.25) is 11.8 Å². The molecule has 4 rings (SSSR count). The minimum atomic E-state index is -0.156. The molecule has 2 N–H and O–H groups in total. The Balaban J connectivity index is 1.54. The van der Waals surface area contributed by atoms with Gasteiger partial charge in [0.15, 0.2) is 0 Å². The maximum Gasteiger partial charge on any atom is 0.228 e. The van der Waals surface area contributed by atoms with Crippen LogP contribution in [0.3, 0.4) is 0 Å². The number of hydrogen-bond acceptors (Lipinski definition) is 4. The number of hydrogen-bond donors (Lipinski definition) is 2. The van der Waals surface area contributed by atoms with Crippen molar-refractivity contribution >= 4 is 23.2 Å². The summed E-state index contributed by atoms with van der Waals surface area (Å²) in [4.78, 5) is 34.1. The molecule has 2 heterocycles. The summed E-state index contributed by atoms with van der Waals surface area (Å²) in [5.74, 6) is -0.313. The van der Waals surface area contributed by atoms with Gasteiger partial charge in [-0.05, 0) is 35.4 Å². The van der Waals surface area contributed by atoms with Crippen LogP contribution in [0.1, 0.15) is 11.1 Å². The molecule has 0 saturated heterocycles. The molecule has 6 nitrogen and oxygen atoms in total. The van der Waals surface area contributed by atoms with Crippen LogP contribution in [0.5, 0.6) is 0 Å². The minimum absolute atomic E-state index is 0.156. The molecule has 0 radical (unpaired) electrons.